The molecule has 0 radical (unpaired) electrons. The number of aliphatic hydroxyl groups excluding tert-OH is 1. The van der Waals surface area contributed by atoms with Crippen LogP contribution in [0.5, 0.6) is 11.5 Å². The number of hydrogen-bond donors (Lipinski definition) is 1. The highest BCUT2D eigenvalue weighted by atomic mass is 32.2. The van der Waals surface area contributed by atoms with Crippen LogP contribution >= 0.6 is 0 Å². The molecular weight excluding hydrogens is 368 g/mol. The summed E-state index contributed by atoms with van der Waals surface area (Å²) in [5.74, 6) is 1.61. The second-order valence-electron chi connectivity index (χ2n) is 7.68. The lowest BCUT2D eigenvalue weighted by Gasteiger charge is -2.42. The van der Waals surface area contributed by atoms with Gasteiger partial charge in [-0.1, -0.05) is 6.07 Å². The van der Waals surface area contributed by atoms with Crippen molar-refractivity contribution in [3.63, 3.8) is 0 Å². The molecule has 1 aromatic carbocycles. The van der Waals surface area contributed by atoms with Crippen LogP contribution in [-0.4, -0.2) is 75.5 Å². The Bertz CT molecular complexity index is 769. The quantitative estimate of drug-likeness (QED) is 0.743. The lowest BCUT2D eigenvalue weighted by Crippen LogP contribution is -2.48. The minimum absolute atomic E-state index is 0.0361. The highest BCUT2D eigenvalue weighted by Crippen LogP contribution is 2.43. The molecule has 2 fully saturated rings. The Morgan fingerprint density at radius 3 is 2.70 bits per heavy atom. The summed E-state index contributed by atoms with van der Waals surface area (Å²) >= 11 is 0. The zero-order valence-corrected chi connectivity index (χ0v) is 17.2. The maximum absolute atomic E-state index is 12.0. The van der Waals surface area contributed by atoms with Gasteiger partial charge < -0.3 is 14.6 Å². The Morgan fingerprint density at radius 1 is 1.30 bits per heavy atom. The fourth-order valence-corrected chi connectivity index (χ4v) is 5.24. The second-order valence-corrected chi connectivity index (χ2v) is 9.66. The Hall–Kier alpha value is -1.35. The first-order chi connectivity index (χ1) is 12.8. The predicted octanol–water partition coefficient (Wildman–Crippen LogP) is 1.17. The summed E-state index contributed by atoms with van der Waals surface area (Å²) in [7, 11) is -1.60. The van der Waals surface area contributed by atoms with Gasteiger partial charge in [-0.05, 0) is 43.5 Å². The number of likely N-dealkylation sites (tertiary alicyclic amines) is 1. The maximum atomic E-state index is 12.0. The van der Waals surface area contributed by atoms with Crippen LogP contribution in [0.15, 0.2) is 18.2 Å². The summed E-state index contributed by atoms with van der Waals surface area (Å²) in [5.41, 5.74) is 0.820. The van der Waals surface area contributed by atoms with Crippen molar-refractivity contribution in [1.29, 1.82) is 0 Å². The Morgan fingerprint density at radius 2 is 2.07 bits per heavy atom. The van der Waals surface area contributed by atoms with E-state index in [0.717, 1.165) is 43.1 Å². The van der Waals surface area contributed by atoms with Gasteiger partial charge in [0, 0.05) is 31.6 Å². The summed E-state index contributed by atoms with van der Waals surface area (Å²) in [5, 5.41) is 9.99. The molecule has 0 amide bonds. The van der Waals surface area contributed by atoms with E-state index in [1.54, 1.807) is 7.11 Å². The molecule has 0 spiro atoms. The van der Waals surface area contributed by atoms with Gasteiger partial charge in [-0.3, -0.25) is 4.90 Å². The molecule has 2 heterocycles. The van der Waals surface area contributed by atoms with E-state index in [1.807, 2.05) is 25.1 Å². The molecule has 27 heavy (non-hydrogen) atoms. The first kappa shape index (κ1) is 20.4. The van der Waals surface area contributed by atoms with Crippen molar-refractivity contribution in [2.75, 3.05) is 52.8 Å². The highest BCUT2D eigenvalue weighted by Gasteiger charge is 2.51. The lowest BCUT2D eigenvalue weighted by molar-refractivity contribution is 0.0170. The van der Waals surface area contributed by atoms with Gasteiger partial charge in [0.25, 0.3) is 0 Å². The van der Waals surface area contributed by atoms with Crippen molar-refractivity contribution in [2.24, 2.45) is 11.3 Å². The third-order valence-corrected chi connectivity index (χ3v) is 7.12. The molecule has 2 saturated heterocycles. The van der Waals surface area contributed by atoms with Gasteiger partial charge in [0.05, 0.1) is 26.6 Å². The van der Waals surface area contributed by atoms with Crippen LogP contribution in [0.1, 0.15) is 18.9 Å². The fraction of sp³-hybridized carbons (Fsp3) is 0.684. The van der Waals surface area contributed by atoms with Gasteiger partial charge in [-0.25, -0.2) is 12.7 Å². The van der Waals surface area contributed by atoms with E-state index < -0.39 is 10.0 Å². The standard InChI is InChI=1S/C19H30N2O5S/c1-4-26-17-6-5-15(9-18(17)25-2)10-20-8-7-19(14-22)13-21(27(3,23)24)12-16(19)11-20/h5-6,9,16,22H,4,7-8,10-14H2,1-3H3/t16-,19+/m1/s1. The monoisotopic (exact) mass is 398 g/mol. The van der Waals surface area contributed by atoms with Crippen LogP contribution in [0.2, 0.25) is 0 Å². The summed E-state index contributed by atoms with van der Waals surface area (Å²) in [6, 6.07) is 5.97. The predicted molar refractivity (Wildman–Crippen MR) is 103 cm³/mol. The number of aliphatic hydroxyl groups is 1. The molecular formula is C19H30N2O5S. The summed E-state index contributed by atoms with van der Waals surface area (Å²) in [4.78, 5) is 2.33. The van der Waals surface area contributed by atoms with Crippen LogP contribution in [0.3, 0.4) is 0 Å². The molecule has 0 unspecified atom stereocenters. The third-order valence-electron chi connectivity index (χ3n) is 5.90. The van der Waals surface area contributed by atoms with Gasteiger partial charge in [0.1, 0.15) is 0 Å². The number of sulfonamides is 1. The van der Waals surface area contributed by atoms with Crippen molar-refractivity contribution >= 4 is 10.0 Å². The van der Waals surface area contributed by atoms with E-state index >= 15 is 0 Å². The topological polar surface area (TPSA) is 79.3 Å². The average Bonchev–Trinajstić information content (AvgIpc) is 3.03. The molecule has 3 rings (SSSR count). The van der Waals surface area contributed by atoms with Crippen molar-refractivity contribution in [3.05, 3.63) is 23.8 Å². The number of nitrogens with zero attached hydrogens (tertiary/aromatic N) is 2. The minimum atomic E-state index is -3.23. The van der Waals surface area contributed by atoms with Crippen molar-refractivity contribution in [3.8, 4) is 11.5 Å². The Balaban J connectivity index is 1.71. The number of piperidine rings is 1. The second kappa shape index (κ2) is 7.95. The molecule has 2 aliphatic rings. The van der Waals surface area contributed by atoms with Crippen molar-refractivity contribution in [1.82, 2.24) is 9.21 Å². The zero-order chi connectivity index (χ0) is 19.7. The molecule has 0 saturated carbocycles. The van der Waals surface area contributed by atoms with E-state index in [1.165, 1.54) is 10.6 Å². The van der Waals surface area contributed by atoms with Crippen LogP contribution in [0.4, 0.5) is 0 Å². The summed E-state index contributed by atoms with van der Waals surface area (Å²) < 4.78 is 36.5. The zero-order valence-electron chi connectivity index (χ0n) is 16.3. The number of ether oxygens (including phenoxy) is 2. The molecule has 7 nitrogen and oxygen atoms in total. The number of methoxy groups -OCH3 is 1. The van der Waals surface area contributed by atoms with Gasteiger partial charge in [0.2, 0.25) is 10.0 Å². The van der Waals surface area contributed by atoms with E-state index in [-0.39, 0.29) is 17.9 Å². The fourth-order valence-electron chi connectivity index (χ4n) is 4.30. The highest BCUT2D eigenvalue weighted by molar-refractivity contribution is 7.88. The van der Waals surface area contributed by atoms with Crippen LogP contribution in [-0.2, 0) is 16.6 Å². The molecule has 2 atom stereocenters. The van der Waals surface area contributed by atoms with E-state index in [2.05, 4.69) is 4.90 Å². The van der Waals surface area contributed by atoms with Crippen molar-refractivity contribution in [2.45, 2.75) is 19.9 Å². The maximum Gasteiger partial charge on any atom is 0.211 e. The van der Waals surface area contributed by atoms with Gasteiger partial charge in [-0.2, -0.15) is 0 Å². The number of hydrogen-bond acceptors (Lipinski definition) is 6. The first-order valence-electron chi connectivity index (χ1n) is 9.39. The van der Waals surface area contributed by atoms with Crippen molar-refractivity contribution < 1.29 is 23.0 Å². The van der Waals surface area contributed by atoms with Crippen LogP contribution < -0.4 is 9.47 Å². The number of rotatable bonds is 7. The lowest BCUT2D eigenvalue weighted by atomic mass is 9.73. The molecule has 0 aliphatic carbocycles. The van der Waals surface area contributed by atoms with E-state index in [0.29, 0.717) is 19.7 Å². The van der Waals surface area contributed by atoms with Gasteiger partial charge in [0.15, 0.2) is 11.5 Å². The van der Waals surface area contributed by atoms with Crippen LogP contribution in [0, 0.1) is 11.3 Å². The normalized spacial score (nSPS) is 26.7. The Labute approximate surface area is 161 Å². The first-order valence-corrected chi connectivity index (χ1v) is 11.2. The molecule has 8 heteroatoms. The number of benzene rings is 1. The largest absolute Gasteiger partial charge is 0.493 e. The van der Waals surface area contributed by atoms with E-state index in [9.17, 15) is 13.5 Å². The molecule has 0 bridgehead atoms. The summed E-state index contributed by atoms with van der Waals surface area (Å²) in [6.07, 6.45) is 2.05. The SMILES string of the molecule is CCOc1ccc(CN2CC[C@@]3(CO)CN(S(C)(=O)=O)C[C@H]3C2)cc1OC. The third kappa shape index (κ3) is 4.23. The average molecular weight is 399 g/mol. The molecule has 1 N–H and O–H groups in total. The number of fused-ring (bicyclic) bond motifs is 1. The van der Waals surface area contributed by atoms with Gasteiger partial charge in [-0.15, -0.1) is 0 Å². The smallest absolute Gasteiger partial charge is 0.211 e. The van der Waals surface area contributed by atoms with Gasteiger partial charge >= 0.3 is 0 Å². The molecule has 152 valence electrons. The molecule has 1 aromatic rings. The molecule has 0 aromatic heterocycles. The molecule has 2 aliphatic heterocycles. The van der Waals surface area contributed by atoms with Crippen LogP contribution in [0.25, 0.3) is 0 Å². The van der Waals surface area contributed by atoms with E-state index in [4.69, 9.17) is 9.47 Å². The minimum Gasteiger partial charge on any atom is -0.493 e. The Kier molecular flexibility index (Phi) is 6.00. The summed E-state index contributed by atoms with van der Waals surface area (Å²) in [6.45, 7) is 5.86.